The molecule has 0 spiro atoms. The molecule has 0 aliphatic rings. The summed E-state index contributed by atoms with van der Waals surface area (Å²) in [5.41, 5.74) is 3.78. The lowest BCUT2D eigenvalue weighted by Gasteiger charge is -2.10. The first kappa shape index (κ1) is 13.0. The van der Waals surface area contributed by atoms with Gasteiger partial charge in [0, 0.05) is 11.6 Å². The number of rotatable bonds is 3. The fraction of sp³-hybridized carbons (Fsp3) is 0.125. The Morgan fingerprint density at radius 3 is 2.86 bits per heavy atom. The largest absolute Gasteiger partial charge is 0.376 e. The molecular weight excluding hydrogens is 262 g/mol. The zero-order chi connectivity index (χ0) is 14.7. The fourth-order valence-electron chi connectivity index (χ4n) is 2.16. The number of hydrogen-bond acceptors (Lipinski definition) is 5. The van der Waals surface area contributed by atoms with E-state index in [0.29, 0.717) is 17.9 Å². The number of benzene rings is 1. The van der Waals surface area contributed by atoms with Crippen molar-refractivity contribution in [3.8, 4) is 6.07 Å². The number of hydrogen-bond donors (Lipinski definition) is 1. The molecule has 0 bridgehead atoms. The van der Waals surface area contributed by atoms with Gasteiger partial charge in [0.15, 0.2) is 5.69 Å². The van der Waals surface area contributed by atoms with Crippen molar-refractivity contribution < 1.29 is 0 Å². The molecule has 21 heavy (non-hydrogen) atoms. The number of aryl methyl sites for hydroxylation is 1. The number of anilines is 1. The van der Waals surface area contributed by atoms with Crippen LogP contribution in [0, 0.1) is 18.3 Å². The van der Waals surface area contributed by atoms with Crippen molar-refractivity contribution in [3.63, 3.8) is 0 Å². The standard InChI is InChI=1S/C16H13N5/c1-11-5-6-14-13(8-11)16(15(9-17)21-20-14)19-10-12-4-2-3-7-18-12/h2-8H,10H2,1H3,(H,19,20). The van der Waals surface area contributed by atoms with Gasteiger partial charge in [0.1, 0.15) is 6.07 Å². The average Bonchev–Trinajstić information content (AvgIpc) is 2.53. The van der Waals surface area contributed by atoms with Gasteiger partial charge in [0.25, 0.3) is 0 Å². The number of nitrogens with one attached hydrogen (secondary N) is 1. The second-order valence-corrected chi connectivity index (χ2v) is 4.73. The summed E-state index contributed by atoms with van der Waals surface area (Å²) >= 11 is 0. The molecule has 0 aliphatic carbocycles. The quantitative estimate of drug-likeness (QED) is 0.795. The van der Waals surface area contributed by atoms with Gasteiger partial charge in [-0.3, -0.25) is 4.98 Å². The molecule has 0 radical (unpaired) electrons. The highest BCUT2D eigenvalue weighted by Crippen LogP contribution is 2.25. The molecule has 0 aliphatic heterocycles. The van der Waals surface area contributed by atoms with Crippen molar-refractivity contribution in [2.24, 2.45) is 0 Å². The first-order chi connectivity index (χ1) is 10.3. The monoisotopic (exact) mass is 275 g/mol. The van der Waals surface area contributed by atoms with Crippen molar-refractivity contribution in [1.29, 1.82) is 5.26 Å². The number of nitrogens with zero attached hydrogens (tertiary/aromatic N) is 4. The normalized spacial score (nSPS) is 10.3. The van der Waals surface area contributed by atoms with Crippen LogP contribution in [0.4, 0.5) is 5.69 Å². The summed E-state index contributed by atoms with van der Waals surface area (Å²) in [4.78, 5) is 4.27. The van der Waals surface area contributed by atoms with Crippen molar-refractivity contribution >= 4 is 16.6 Å². The molecule has 0 saturated heterocycles. The number of nitriles is 1. The first-order valence-electron chi connectivity index (χ1n) is 6.59. The molecule has 0 saturated carbocycles. The molecule has 2 aromatic heterocycles. The predicted octanol–water partition coefficient (Wildman–Crippen LogP) is 2.82. The Balaban J connectivity index is 2.03. The maximum atomic E-state index is 9.24. The smallest absolute Gasteiger partial charge is 0.186 e. The topological polar surface area (TPSA) is 74.5 Å². The second kappa shape index (κ2) is 5.55. The molecule has 3 aromatic rings. The Labute approximate surface area is 122 Å². The molecule has 3 rings (SSSR count). The van der Waals surface area contributed by atoms with E-state index in [1.54, 1.807) is 6.20 Å². The molecule has 0 fully saturated rings. The zero-order valence-corrected chi connectivity index (χ0v) is 11.5. The van der Waals surface area contributed by atoms with Crippen LogP contribution >= 0.6 is 0 Å². The maximum Gasteiger partial charge on any atom is 0.186 e. The van der Waals surface area contributed by atoms with Crippen LogP contribution in [0.1, 0.15) is 17.0 Å². The van der Waals surface area contributed by atoms with Crippen molar-refractivity contribution in [2.45, 2.75) is 13.5 Å². The van der Waals surface area contributed by atoms with E-state index in [2.05, 4.69) is 26.6 Å². The van der Waals surface area contributed by atoms with Gasteiger partial charge in [0.2, 0.25) is 0 Å². The summed E-state index contributed by atoms with van der Waals surface area (Å²) in [6.07, 6.45) is 1.75. The van der Waals surface area contributed by atoms with Crippen molar-refractivity contribution in [2.75, 3.05) is 5.32 Å². The summed E-state index contributed by atoms with van der Waals surface area (Å²) < 4.78 is 0. The minimum atomic E-state index is 0.295. The van der Waals surface area contributed by atoms with Gasteiger partial charge in [-0.2, -0.15) is 5.26 Å². The molecular formula is C16H13N5. The van der Waals surface area contributed by atoms with Crippen molar-refractivity contribution in [3.05, 3.63) is 59.5 Å². The van der Waals surface area contributed by atoms with Crippen molar-refractivity contribution in [1.82, 2.24) is 15.2 Å². The van der Waals surface area contributed by atoms with Gasteiger partial charge < -0.3 is 5.32 Å². The molecule has 2 heterocycles. The van der Waals surface area contributed by atoms with Gasteiger partial charge in [-0.05, 0) is 31.2 Å². The molecule has 0 unspecified atom stereocenters. The Morgan fingerprint density at radius 2 is 2.10 bits per heavy atom. The highest BCUT2D eigenvalue weighted by Gasteiger charge is 2.10. The van der Waals surface area contributed by atoms with Crippen LogP contribution in [0.25, 0.3) is 10.9 Å². The van der Waals surface area contributed by atoms with E-state index in [1.165, 1.54) is 0 Å². The first-order valence-corrected chi connectivity index (χ1v) is 6.59. The Hall–Kier alpha value is -3.00. The van der Waals surface area contributed by atoms with E-state index in [4.69, 9.17) is 0 Å². The molecule has 0 amide bonds. The number of aromatic nitrogens is 3. The van der Waals surface area contributed by atoms with Gasteiger partial charge in [-0.15, -0.1) is 10.2 Å². The van der Waals surface area contributed by atoms with E-state index in [0.717, 1.165) is 22.2 Å². The molecule has 1 N–H and O–H groups in total. The molecule has 1 aromatic carbocycles. The van der Waals surface area contributed by atoms with Gasteiger partial charge in [-0.25, -0.2) is 0 Å². The second-order valence-electron chi connectivity index (χ2n) is 4.73. The van der Waals surface area contributed by atoms with E-state index in [1.807, 2.05) is 43.3 Å². The summed E-state index contributed by atoms with van der Waals surface area (Å²) in [7, 11) is 0. The Kier molecular flexibility index (Phi) is 3.44. The number of fused-ring (bicyclic) bond motifs is 1. The van der Waals surface area contributed by atoms with Crippen LogP contribution in [0.15, 0.2) is 42.6 Å². The van der Waals surface area contributed by atoms with Crippen LogP contribution in [0.2, 0.25) is 0 Å². The fourth-order valence-corrected chi connectivity index (χ4v) is 2.16. The highest BCUT2D eigenvalue weighted by atomic mass is 15.1. The van der Waals surface area contributed by atoms with Crippen LogP contribution in [-0.2, 0) is 6.54 Å². The SMILES string of the molecule is Cc1ccc2nnc(C#N)c(NCc3ccccn3)c2c1. The lowest BCUT2D eigenvalue weighted by atomic mass is 10.1. The summed E-state index contributed by atoms with van der Waals surface area (Å²) in [6, 6.07) is 13.7. The Bertz CT molecular complexity index is 821. The Morgan fingerprint density at radius 1 is 1.19 bits per heavy atom. The van der Waals surface area contributed by atoms with Gasteiger partial charge in [-0.1, -0.05) is 17.7 Å². The van der Waals surface area contributed by atoms with Crippen LogP contribution < -0.4 is 5.32 Å². The minimum absolute atomic E-state index is 0.295. The summed E-state index contributed by atoms with van der Waals surface area (Å²) in [5, 5.41) is 21.5. The number of pyridine rings is 1. The summed E-state index contributed by atoms with van der Waals surface area (Å²) in [6.45, 7) is 2.54. The zero-order valence-electron chi connectivity index (χ0n) is 11.5. The van der Waals surface area contributed by atoms with E-state index in [9.17, 15) is 5.26 Å². The average molecular weight is 275 g/mol. The van der Waals surface area contributed by atoms with Gasteiger partial charge >= 0.3 is 0 Å². The lowest BCUT2D eigenvalue weighted by Crippen LogP contribution is -2.05. The maximum absolute atomic E-state index is 9.24. The van der Waals surface area contributed by atoms with Gasteiger partial charge in [0.05, 0.1) is 23.4 Å². The molecule has 0 atom stereocenters. The van der Waals surface area contributed by atoms with E-state index < -0.39 is 0 Å². The van der Waals surface area contributed by atoms with Crippen LogP contribution in [0.3, 0.4) is 0 Å². The predicted molar refractivity (Wildman–Crippen MR) is 80.6 cm³/mol. The third-order valence-corrected chi connectivity index (χ3v) is 3.19. The molecule has 5 nitrogen and oxygen atoms in total. The molecule has 102 valence electrons. The minimum Gasteiger partial charge on any atom is -0.376 e. The van der Waals surface area contributed by atoms with Crippen LogP contribution in [-0.4, -0.2) is 15.2 Å². The third-order valence-electron chi connectivity index (χ3n) is 3.19. The highest BCUT2D eigenvalue weighted by molar-refractivity contribution is 5.93. The molecule has 5 heteroatoms. The third kappa shape index (κ3) is 2.65. The van der Waals surface area contributed by atoms with E-state index >= 15 is 0 Å². The van der Waals surface area contributed by atoms with Crippen LogP contribution in [0.5, 0.6) is 0 Å². The lowest BCUT2D eigenvalue weighted by molar-refractivity contribution is 1.01. The summed E-state index contributed by atoms with van der Waals surface area (Å²) in [5.74, 6) is 0. The van der Waals surface area contributed by atoms with E-state index in [-0.39, 0.29) is 0 Å².